The molecular formula is C13H14O2. The molecule has 0 radical (unpaired) electrons. The van der Waals surface area contributed by atoms with Crippen LogP contribution < -0.4 is 0 Å². The van der Waals surface area contributed by atoms with Crippen LogP contribution in [-0.2, 0) is 16.0 Å². The van der Waals surface area contributed by atoms with E-state index in [0.29, 0.717) is 0 Å². The van der Waals surface area contributed by atoms with Gasteiger partial charge in [0.25, 0.3) is 0 Å². The van der Waals surface area contributed by atoms with Gasteiger partial charge in [-0.1, -0.05) is 36.4 Å². The number of carbonyl (C=O) groups is 1. The first-order valence-electron chi connectivity index (χ1n) is 5.17. The smallest absolute Gasteiger partial charge is 0.333 e. The van der Waals surface area contributed by atoms with Crippen LogP contribution in [0.25, 0.3) is 0 Å². The van der Waals surface area contributed by atoms with E-state index in [9.17, 15) is 4.79 Å². The molecule has 1 aromatic carbocycles. The molecule has 0 fully saturated rings. The van der Waals surface area contributed by atoms with Crippen LogP contribution in [-0.4, -0.2) is 12.1 Å². The van der Waals surface area contributed by atoms with E-state index in [0.717, 1.165) is 18.4 Å². The lowest BCUT2D eigenvalue weighted by Gasteiger charge is -2.20. The minimum atomic E-state index is -0.179. The normalized spacial score (nSPS) is 20.7. The number of benzene rings is 1. The minimum absolute atomic E-state index is 0.00333. The zero-order chi connectivity index (χ0) is 10.7. The maximum absolute atomic E-state index is 11.3. The zero-order valence-corrected chi connectivity index (χ0v) is 8.77. The first-order chi connectivity index (χ1) is 7.25. The Balaban J connectivity index is 2.01. The summed E-state index contributed by atoms with van der Waals surface area (Å²) in [5.41, 5.74) is 1.93. The molecule has 2 nitrogen and oxygen atoms in total. The lowest BCUT2D eigenvalue weighted by atomic mass is 10.0. The van der Waals surface area contributed by atoms with Crippen molar-refractivity contribution in [3.63, 3.8) is 0 Å². The zero-order valence-electron chi connectivity index (χ0n) is 8.77. The first kappa shape index (κ1) is 9.97. The van der Waals surface area contributed by atoms with Gasteiger partial charge in [0.05, 0.1) is 0 Å². The maximum Gasteiger partial charge on any atom is 0.333 e. The van der Waals surface area contributed by atoms with E-state index >= 15 is 0 Å². The molecule has 1 aromatic rings. The van der Waals surface area contributed by atoms with Crippen LogP contribution in [0, 0.1) is 0 Å². The molecule has 78 valence electrons. The number of cyclic esters (lactones) is 1. The van der Waals surface area contributed by atoms with Crippen molar-refractivity contribution in [1.29, 1.82) is 0 Å². The van der Waals surface area contributed by atoms with Crippen LogP contribution in [0.4, 0.5) is 0 Å². The Hall–Kier alpha value is -1.57. The molecule has 1 heterocycles. The lowest BCUT2D eigenvalue weighted by Crippen LogP contribution is -2.24. The summed E-state index contributed by atoms with van der Waals surface area (Å²) in [5, 5.41) is 0. The molecule has 1 aliphatic rings. The molecule has 0 bridgehead atoms. The number of ether oxygens (including phenoxy) is 1. The van der Waals surface area contributed by atoms with Crippen LogP contribution in [0.15, 0.2) is 42.0 Å². The Morgan fingerprint density at radius 2 is 2.07 bits per heavy atom. The summed E-state index contributed by atoms with van der Waals surface area (Å²) in [6, 6.07) is 10.1. The van der Waals surface area contributed by atoms with Gasteiger partial charge in [0.1, 0.15) is 6.10 Å². The topological polar surface area (TPSA) is 26.3 Å². The summed E-state index contributed by atoms with van der Waals surface area (Å²) in [4.78, 5) is 11.3. The van der Waals surface area contributed by atoms with Gasteiger partial charge in [0.15, 0.2) is 0 Å². The van der Waals surface area contributed by atoms with Gasteiger partial charge in [0.2, 0.25) is 0 Å². The largest absolute Gasteiger partial charge is 0.458 e. The lowest BCUT2D eigenvalue weighted by molar-refractivity contribution is -0.145. The summed E-state index contributed by atoms with van der Waals surface area (Å²) in [7, 11) is 0. The van der Waals surface area contributed by atoms with E-state index in [1.165, 1.54) is 5.56 Å². The maximum atomic E-state index is 11.3. The van der Waals surface area contributed by atoms with Crippen LogP contribution in [0.2, 0.25) is 0 Å². The second kappa shape index (κ2) is 4.30. The van der Waals surface area contributed by atoms with E-state index in [-0.39, 0.29) is 12.1 Å². The fraction of sp³-hybridized carbons (Fsp3) is 0.308. The number of rotatable bonds is 2. The summed E-state index contributed by atoms with van der Waals surface area (Å²) >= 11 is 0. The highest BCUT2D eigenvalue weighted by atomic mass is 16.5. The SMILES string of the molecule is CC1=CCC(Cc2ccccc2)OC1=O. The highest BCUT2D eigenvalue weighted by Crippen LogP contribution is 2.17. The third-order valence-corrected chi connectivity index (χ3v) is 2.59. The van der Waals surface area contributed by atoms with Crippen molar-refractivity contribution in [2.75, 3.05) is 0 Å². The predicted octanol–water partition coefficient (Wildman–Crippen LogP) is 2.49. The molecule has 2 rings (SSSR count). The first-order valence-corrected chi connectivity index (χ1v) is 5.17. The van der Waals surface area contributed by atoms with Gasteiger partial charge in [-0.25, -0.2) is 4.79 Å². The van der Waals surface area contributed by atoms with Gasteiger partial charge >= 0.3 is 5.97 Å². The van der Waals surface area contributed by atoms with Gasteiger partial charge in [-0.2, -0.15) is 0 Å². The highest BCUT2D eigenvalue weighted by molar-refractivity contribution is 5.88. The molecule has 0 N–H and O–H groups in total. The third kappa shape index (κ3) is 2.46. The van der Waals surface area contributed by atoms with Gasteiger partial charge < -0.3 is 4.74 Å². The Labute approximate surface area is 89.6 Å². The standard InChI is InChI=1S/C13H14O2/c1-10-7-8-12(15-13(10)14)9-11-5-3-2-4-6-11/h2-7,12H,8-9H2,1H3. The van der Waals surface area contributed by atoms with E-state index in [1.54, 1.807) is 6.92 Å². The molecule has 1 aliphatic heterocycles. The van der Waals surface area contributed by atoms with E-state index < -0.39 is 0 Å². The van der Waals surface area contributed by atoms with Crippen LogP contribution in [0.1, 0.15) is 18.9 Å². The second-order valence-corrected chi connectivity index (χ2v) is 3.84. The average molecular weight is 202 g/mol. The van der Waals surface area contributed by atoms with Crippen molar-refractivity contribution in [2.45, 2.75) is 25.9 Å². The fourth-order valence-electron chi connectivity index (χ4n) is 1.69. The van der Waals surface area contributed by atoms with Crippen molar-refractivity contribution in [3.05, 3.63) is 47.5 Å². The average Bonchev–Trinajstić information content (AvgIpc) is 2.25. The van der Waals surface area contributed by atoms with Crippen LogP contribution in [0.5, 0.6) is 0 Å². The molecule has 0 aliphatic carbocycles. The molecule has 0 saturated carbocycles. The van der Waals surface area contributed by atoms with E-state index in [1.807, 2.05) is 24.3 Å². The van der Waals surface area contributed by atoms with Crippen molar-refractivity contribution >= 4 is 5.97 Å². The van der Waals surface area contributed by atoms with Crippen molar-refractivity contribution in [2.24, 2.45) is 0 Å². The van der Waals surface area contributed by atoms with Crippen LogP contribution in [0.3, 0.4) is 0 Å². The minimum Gasteiger partial charge on any atom is -0.458 e. The van der Waals surface area contributed by atoms with E-state index in [4.69, 9.17) is 4.74 Å². The third-order valence-electron chi connectivity index (χ3n) is 2.59. The highest BCUT2D eigenvalue weighted by Gasteiger charge is 2.20. The Kier molecular flexibility index (Phi) is 2.86. The number of hydrogen-bond donors (Lipinski definition) is 0. The van der Waals surface area contributed by atoms with Crippen molar-refractivity contribution in [1.82, 2.24) is 0 Å². The van der Waals surface area contributed by atoms with Gasteiger partial charge in [-0.3, -0.25) is 0 Å². The van der Waals surface area contributed by atoms with Crippen LogP contribution >= 0.6 is 0 Å². The predicted molar refractivity (Wildman–Crippen MR) is 58.4 cm³/mol. The second-order valence-electron chi connectivity index (χ2n) is 3.84. The Bertz CT molecular complexity index is 379. The van der Waals surface area contributed by atoms with Crippen molar-refractivity contribution < 1.29 is 9.53 Å². The molecule has 15 heavy (non-hydrogen) atoms. The molecule has 0 amide bonds. The number of esters is 1. The fourth-order valence-corrected chi connectivity index (χ4v) is 1.69. The molecule has 1 unspecified atom stereocenters. The molecule has 1 atom stereocenters. The number of hydrogen-bond acceptors (Lipinski definition) is 2. The Morgan fingerprint density at radius 1 is 1.33 bits per heavy atom. The number of carbonyl (C=O) groups excluding carboxylic acids is 1. The molecule has 0 aromatic heterocycles. The Morgan fingerprint density at radius 3 is 2.73 bits per heavy atom. The van der Waals surface area contributed by atoms with E-state index in [2.05, 4.69) is 12.1 Å². The van der Waals surface area contributed by atoms with Gasteiger partial charge in [0, 0.05) is 18.4 Å². The molecule has 0 spiro atoms. The quantitative estimate of drug-likeness (QED) is 0.689. The molecule has 0 saturated heterocycles. The summed E-state index contributed by atoms with van der Waals surface area (Å²) in [5.74, 6) is -0.179. The summed E-state index contributed by atoms with van der Waals surface area (Å²) in [6.07, 6.45) is 3.59. The molecule has 2 heteroatoms. The monoisotopic (exact) mass is 202 g/mol. The van der Waals surface area contributed by atoms with Gasteiger partial charge in [-0.15, -0.1) is 0 Å². The van der Waals surface area contributed by atoms with Gasteiger partial charge in [-0.05, 0) is 12.5 Å². The van der Waals surface area contributed by atoms with Crippen molar-refractivity contribution in [3.8, 4) is 0 Å². The summed E-state index contributed by atoms with van der Waals surface area (Å²) in [6.45, 7) is 1.79. The summed E-state index contributed by atoms with van der Waals surface area (Å²) < 4.78 is 5.30. The molecular weight excluding hydrogens is 188 g/mol.